The molecule has 0 spiro atoms. The Morgan fingerprint density at radius 2 is 1.81 bits per heavy atom. The fourth-order valence-electron chi connectivity index (χ4n) is 4.80. The Morgan fingerprint density at radius 3 is 2.44 bits per heavy atom. The van der Waals surface area contributed by atoms with Crippen LogP contribution in [0.15, 0.2) is 42.6 Å². The van der Waals surface area contributed by atoms with E-state index in [4.69, 9.17) is 10.5 Å². The maximum Gasteiger partial charge on any atom is 0.433 e. The normalized spacial score (nSPS) is 25.5. The summed E-state index contributed by atoms with van der Waals surface area (Å²) >= 11 is 0. The van der Waals surface area contributed by atoms with E-state index in [1.54, 1.807) is 0 Å². The Hall–Kier alpha value is -2.97. The van der Waals surface area contributed by atoms with Gasteiger partial charge in [0.2, 0.25) is 0 Å². The van der Waals surface area contributed by atoms with Gasteiger partial charge in [-0.1, -0.05) is 30.3 Å². The average molecular weight is 448 g/mol. The Labute approximate surface area is 184 Å². The molecule has 0 bridgehead atoms. The Kier molecular flexibility index (Phi) is 5.68. The molecule has 32 heavy (non-hydrogen) atoms. The molecule has 1 saturated heterocycles. The third-order valence-corrected chi connectivity index (χ3v) is 6.29. The number of hydrogen-bond donors (Lipinski definition) is 2. The number of nitrogens with one attached hydrogen (secondary N) is 1. The van der Waals surface area contributed by atoms with Gasteiger partial charge in [-0.25, -0.2) is 9.78 Å². The maximum atomic E-state index is 13.0. The lowest BCUT2D eigenvalue weighted by molar-refractivity contribution is -0.141. The molecular formula is C23H27F3N4O2. The van der Waals surface area contributed by atoms with Crippen LogP contribution >= 0.6 is 0 Å². The van der Waals surface area contributed by atoms with Crippen LogP contribution in [0.2, 0.25) is 0 Å². The van der Waals surface area contributed by atoms with Crippen molar-refractivity contribution < 1.29 is 22.7 Å². The van der Waals surface area contributed by atoms with E-state index in [-0.39, 0.29) is 35.6 Å². The van der Waals surface area contributed by atoms with Crippen molar-refractivity contribution in [3.8, 4) is 0 Å². The van der Waals surface area contributed by atoms with Crippen molar-refractivity contribution >= 4 is 17.5 Å². The summed E-state index contributed by atoms with van der Waals surface area (Å²) in [4.78, 5) is 18.0. The lowest BCUT2D eigenvalue weighted by atomic mass is 9.86. The fraction of sp³-hybridized carbons (Fsp3) is 0.478. The van der Waals surface area contributed by atoms with Crippen LogP contribution in [0.4, 0.5) is 29.3 Å². The molecule has 2 aromatic rings. The molecule has 6 nitrogen and oxygen atoms in total. The lowest BCUT2D eigenvalue weighted by Gasteiger charge is -2.38. The van der Waals surface area contributed by atoms with Gasteiger partial charge in [0, 0.05) is 12.1 Å². The average Bonchev–Trinajstić information content (AvgIpc) is 2.98. The standard InChI is InChI=1S/C23H27F3N4O2/c1-22(2)20(14-6-4-3-5-7-14)30(21(31)32-22)16-10-8-15(9-11-16)29-18-12-19(23(24,25)26)28-13-17(18)27/h3-7,12-13,15-16,20H,8-11,27H2,1-2H3,(H,28,29)/t15?,16?,20-/m0/s1. The van der Waals surface area contributed by atoms with Gasteiger partial charge >= 0.3 is 12.3 Å². The monoisotopic (exact) mass is 448 g/mol. The predicted molar refractivity (Wildman–Crippen MR) is 115 cm³/mol. The molecule has 1 amide bonds. The minimum Gasteiger partial charge on any atom is -0.441 e. The molecule has 3 N–H and O–H groups in total. The van der Waals surface area contributed by atoms with E-state index in [9.17, 15) is 18.0 Å². The molecule has 0 radical (unpaired) electrons. The number of carbonyl (C=O) groups is 1. The number of amides is 1. The fourth-order valence-corrected chi connectivity index (χ4v) is 4.80. The smallest absolute Gasteiger partial charge is 0.433 e. The first-order valence-electron chi connectivity index (χ1n) is 10.7. The van der Waals surface area contributed by atoms with Gasteiger partial charge in [-0.15, -0.1) is 0 Å². The maximum absolute atomic E-state index is 13.0. The van der Waals surface area contributed by atoms with Crippen LogP contribution < -0.4 is 11.1 Å². The molecule has 9 heteroatoms. The lowest BCUT2D eigenvalue weighted by Crippen LogP contribution is -2.44. The second kappa shape index (κ2) is 8.18. The van der Waals surface area contributed by atoms with E-state index >= 15 is 0 Å². The number of benzene rings is 1. The highest BCUT2D eigenvalue weighted by Crippen LogP contribution is 2.44. The molecule has 1 aliphatic heterocycles. The number of halogens is 3. The summed E-state index contributed by atoms with van der Waals surface area (Å²) in [5, 5.41) is 3.14. The van der Waals surface area contributed by atoms with Crippen LogP contribution in [0.1, 0.15) is 56.8 Å². The largest absolute Gasteiger partial charge is 0.441 e. The quantitative estimate of drug-likeness (QED) is 0.657. The molecule has 2 aliphatic rings. The van der Waals surface area contributed by atoms with E-state index < -0.39 is 17.5 Å². The number of pyridine rings is 1. The number of alkyl halides is 3. The summed E-state index contributed by atoms with van der Waals surface area (Å²) in [5.41, 5.74) is 5.64. The molecule has 4 rings (SSSR count). The second-order valence-corrected chi connectivity index (χ2v) is 9.00. The van der Waals surface area contributed by atoms with E-state index in [0.717, 1.165) is 17.8 Å². The first kappa shape index (κ1) is 22.2. The highest BCUT2D eigenvalue weighted by molar-refractivity contribution is 5.72. The van der Waals surface area contributed by atoms with E-state index in [1.807, 2.05) is 49.1 Å². The second-order valence-electron chi connectivity index (χ2n) is 9.00. The van der Waals surface area contributed by atoms with E-state index in [1.165, 1.54) is 0 Å². The number of carbonyl (C=O) groups excluding carboxylic acids is 1. The molecule has 1 saturated carbocycles. The van der Waals surface area contributed by atoms with Crippen LogP contribution in [0.5, 0.6) is 0 Å². The third-order valence-electron chi connectivity index (χ3n) is 6.29. The highest BCUT2D eigenvalue weighted by Gasteiger charge is 2.51. The van der Waals surface area contributed by atoms with Gasteiger partial charge in [0.1, 0.15) is 11.3 Å². The Morgan fingerprint density at radius 1 is 1.16 bits per heavy atom. The van der Waals surface area contributed by atoms with Crippen molar-refractivity contribution in [1.82, 2.24) is 9.88 Å². The van der Waals surface area contributed by atoms with Crippen LogP contribution in [0.3, 0.4) is 0 Å². The number of nitrogens with two attached hydrogens (primary N) is 1. The SMILES string of the molecule is CC1(C)OC(=O)N(C2CCC(Nc3cc(C(F)(F)F)ncc3N)CC2)[C@H]1c1ccccc1. The number of aromatic nitrogens is 1. The highest BCUT2D eigenvalue weighted by atomic mass is 19.4. The number of rotatable bonds is 4. The van der Waals surface area contributed by atoms with Gasteiger partial charge in [-0.3, -0.25) is 4.90 Å². The number of hydrogen-bond acceptors (Lipinski definition) is 5. The van der Waals surface area contributed by atoms with Crippen molar-refractivity contribution in [2.75, 3.05) is 11.1 Å². The van der Waals surface area contributed by atoms with Gasteiger partial charge in [0.05, 0.1) is 23.6 Å². The van der Waals surface area contributed by atoms with E-state index in [2.05, 4.69) is 10.3 Å². The van der Waals surface area contributed by atoms with E-state index in [0.29, 0.717) is 25.7 Å². The zero-order valence-electron chi connectivity index (χ0n) is 18.0. The molecule has 2 heterocycles. The molecule has 2 fully saturated rings. The molecule has 1 aromatic heterocycles. The van der Waals surface area contributed by atoms with Crippen molar-refractivity contribution in [3.05, 3.63) is 53.9 Å². The molecule has 1 aromatic carbocycles. The summed E-state index contributed by atoms with van der Waals surface area (Å²) in [6, 6.07) is 10.5. The van der Waals surface area contributed by atoms with Gasteiger partial charge in [-0.2, -0.15) is 13.2 Å². The number of ether oxygens (including phenoxy) is 1. The van der Waals surface area contributed by atoms with Crippen LogP contribution in [0.25, 0.3) is 0 Å². The van der Waals surface area contributed by atoms with Crippen molar-refractivity contribution in [2.45, 2.75) is 69.4 Å². The number of nitrogens with zero attached hydrogens (tertiary/aromatic N) is 2. The zero-order valence-corrected chi connectivity index (χ0v) is 18.0. The number of anilines is 2. The minimum absolute atomic E-state index is 0.00643. The molecule has 172 valence electrons. The first-order chi connectivity index (χ1) is 15.1. The van der Waals surface area contributed by atoms with Crippen molar-refractivity contribution in [2.24, 2.45) is 0 Å². The van der Waals surface area contributed by atoms with Crippen LogP contribution in [-0.2, 0) is 10.9 Å². The summed E-state index contributed by atoms with van der Waals surface area (Å²) < 4.78 is 44.7. The summed E-state index contributed by atoms with van der Waals surface area (Å²) in [7, 11) is 0. The number of nitrogen functional groups attached to an aromatic ring is 1. The molecule has 1 aliphatic carbocycles. The van der Waals surface area contributed by atoms with Gasteiger partial charge < -0.3 is 15.8 Å². The molecular weight excluding hydrogens is 421 g/mol. The molecule has 1 atom stereocenters. The minimum atomic E-state index is -4.53. The van der Waals surface area contributed by atoms with Crippen molar-refractivity contribution in [1.29, 1.82) is 0 Å². The topological polar surface area (TPSA) is 80.5 Å². The van der Waals surface area contributed by atoms with Gasteiger partial charge in [0.25, 0.3) is 0 Å². The zero-order chi connectivity index (χ0) is 23.1. The van der Waals surface area contributed by atoms with Crippen molar-refractivity contribution in [3.63, 3.8) is 0 Å². The van der Waals surface area contributed by atoms with Gasteiger partial charge in [-0.05, 0) is 51.2 Å². The summed E-state index contributed by atoms with van der Waals surface area (Å²) in [5.74, 6) is 0. The Bertz CT molecular complexity index is 973. The Balaban J connectivity index is 1.46. The number of cyclic esters (lactones) is 1. The summed E-state index contributed by atoms with van der Waals surface area (Å²) in [6.07, 6.45) is -1.01. The van der Waals surface area contributed by atoms with Gasteiger partial charge in [0.15, 0.2) is 0 Å². The summed E-state index contributed by atoms with van der Waals surface area (Å²) in [6.45, 7) is 3.83. The van der Waals surface area contributed by atoms with Crippen LogP contribution in [0, 0.1) is 0 Å². The predicted octanol–water partition coefficient (Wildman–Crippen LogP) is 5.38. The van der Waals surface area contributed by atoms with Crippen LogP contribution in [-0.4, -0.2) is 33.7 Å². The first-order valence-corrected chi connectivity index (χ1v) is 10.7. The molecule has 0 unspecified atom stereocenters. The third kappa shape index (κ3) is 4.33.